The Morgan fingerprint density at radius 3 is 2.73 bits per heavy atom. The van der Waals surface area contributed by atoms with E-state index in [2.05, 4.69) is 20.9 Å². The number of aryl methyl sites for hydroxylation is 1. The lowest BCUT2D eigenvalue weighted by atomic mass is 10.2. The van der Waals surface area contributed by atoms with Gasteiger partial charge in [0.05, 0.1) is 0 Å². The first-order valence-electron chi connectivity index (χ1n) is 7.34. The van der Waals surface area contributed by atoms with Crippen molar-refractivity contribution in [1.29, 1.82) is 0 Å². The average molecular weight is 325 g/mol. The molecule has 120 valence electrons. The van der Waals surface area contributed by atoms with E-state index in [0.717, 1.165) is 38.3 Å². The summed E-state index contributed by atoms with van der Waals surface area (Å²) in [7, 11) is 0. The number of benzene rings is 1. The molecule has 0 aromatic heterocycles. The molecule has 0 atom stereocenters. The molecule has 1 fully saturated rings. The lowest BCUT2D eigenvalue weighted by Crippen LogP contribution is -2.47. The van der Waals surface area contributed by atoms with Gasteiger partial charge in [0.15, 0.2) is 0 Å². The van der Waals surface area contributed by atoms with Crippen LogP contribution in [0, 0.1) is 6.92 Å². The topological polar surface area (TPSA) is 73.5 Å². The quantitative estimate of drug-likeness (QED) is 0.710. The van der Waals surface area contributed by atoms with Gasteiger partial charge < -0.3 is 16.0 Å². The number of rotatable bonds is 4. The molecule has 0 saturated carbocycles. The maximum atomic E-state index is 11.9. The third kappa shape index (κ3) is 4.98. The van der Waals surface area contributed by atoms with Crippen LogP contribution in [-0.2, 0) is 9.59 Å². The monoisotopic (exact) mass is 324 g/mol. The molecule has 2 rings (SSSR count). The Morgan fingerprint density at radius 2 is 2.00 bits per heavy atom. The highest BCUT2D eigenvalue weighted by molar-refractivity contribution is 6.40. The predicted octanol–water partition coefficient (Wildman–Crippen LogP) is 0.608. The summed E-state index contributed by atoms with van der Waals surface area (Å²) in [5.41, 5.74) is 1.40. The van der Waals surface area contributed by atoms with Gasteiger partial charge in [-0.3, -0.25) is 14.5 Å². The highest BCUT2D eigenvalue weighted by Gasteiger charge is 2.15. The molecule has 1 aliphatic heterocycles. The van der Waals surface area contributed by atoms with Crippen molar-refractivity contribution in [2.75, 3.05) is 44.6 Å². The van der Waals surface area contributed by atoms with Crippen LogP contribution in [-0.4, -0.2) is 56.0 Å². The summed E-state index contributed by atoms with van der Waals surface area (Å²) in [5, 5.41) is 9.00. The molecule has 7 heteroatoms. The number of carbonyl (C=O) groups excluding carboxylic acids is 2. The molecule has 0 bridgehead atoms. The van der Waals surface area contributed by atoms with E-state index >= 15 is 0 Å². The number of halogens is 1. The second kappa shape index (κ2) is 8.12. The zero-order chi connectivity index (χ0) is 15.9. The second-order valence-corrected chi connectivity index (χ2v) is 5.70. The Labute approximate surface area is 135 Å². The van der Waals surface area contributed by atoms with E-state index in [1.807, 2.05) is 6.92 Å². The van der Waals surface area contributed by atoms with Gasteiger partial charge in [-0.25, -0.2) is 0 Å². The summed E-state index contributed by atoms with van der Waals surface area (Å²) in [4.78, 5) is 25.9. The Bertz CT molecular complexity index is 544. The molecule has 3 N–H and O–H groups in total. The number of nitrogens with one attached hydrogen (secondary N) is 3. The van der Waals surface area contributed by atoms with E-state index in [-0.39, 0.29) is 0 Å². The van der Waals surface area contributed by atoms with E-state index in [1.165, 1.54) is 0 Å². The molecule has 2 amide bonds. The van der Waals surface area contributed by atoms with Gasteiger partial charge in [0, 0.05) is 50.0 Å². The lowest BCUT2D eigenvalue weighted by Gasteiger charge is -2.26. The van der Waals surface area contributed by atoms with Crippen molar-refractivity contribution in [3.8, 4) is 0 Å². The van der Waals surface area contributed by atoms with Crippen molar-refractivity contribution in [1.82, 2.24) is 15.5 Å². The van der Waals surface area contributed by atoms with Crippen LogP contribution in [0.1, 0.15) is 5.56 Å². The SMILES string of the molecule is Cc1ccc(Cl)cc1NC(=O)C(=O)NCCN1CCNCC1. The summed E-state index contributed by atoms with van der Waals surface area (Å²) < 4.78 is 0. The molecule has 0 spiro atoms. The minimum absolute atomic E-state index is 0.459. The molecule has 1 saturated heterocycles. The lowest BCUT2D eigenvalue weighted by molar-refractivity contribution is -0.136. The summed E-state index contributed by atoms with van der Waals surface area (Å²) >= 11 is 5.89. The van der Waals surface area contributed by atoms with Crippen LogP contribution >= 0.6 is 11.6 Å². The minimum Gasteiger partial charge on any atom is -0.347 e. The van der Waals surface area contributed by atoms with Gasteiger partial charge in [-0.15, -0.1) is 0 Å². The smallest absolute Gasteiger partial charge is 0.313 e. The predicted molar refractivity (Wildman–Crippen MR) is 87.1 cm³/mol. The zero-order valence-corrected chi connectivity index (χ0v) is 13.4. The van der Waals surface area contributed by atoms with Crippen LogP contribution in [0.3, 0.4) is 0 Å². The van der Waals surface area contributed by atoms with Crippen LogP contribution in [0.15, 0.2) is 18.2 Å². The second-order valence-electron chi connectivity index (χ2n) is 5.26. The summed E-state index contributed by atoms with van der Waals surface area (Å²) in [6, 6.07) is 5.16. The molecule has 1 aliphatic rings. The first-order valence-corrected chi connectivity index (χ1v) is 7.72. The van der Waals surface area contributed by atoms with Crippen LogP contribution in [0.5, 0.6) is 0 Å². The van der Waals surface area contributed by atoms with Gasteiger partial charge in [0.1, 0.15) is 0 Å². The average Bonchev–Trinajstić information content (AvgIpc) is 2.52. The number of piperazine rings is 1. The van der Waals surface area contributed by atoms with Crippen LogP contribution < -0.4 is 16.0 Å². The van der Waals surface area contributed by atoms with E-state index in [9.17, 15) is 9.59 Å². The summed E-state index contributed by atoms with van der Waals surface area (Å²) in [6.07, 6.45) is 0. The van der Waals surface area contributed by atoms with Crippen molar-refractivity contribution in [2.24, 2.45) is 0 Å². The largest absolute Gasteiger partial charge is 0.347 e. The normalized spacial score (nSPS) is 15.4. The minimum atomic E-state index is -0.675. The number of carbonyl (C=O) groups is 2. The molecule has 0 aliphatic carbocycles. The molecule has 0 radical (unpaired) electrons. The van der Waals surface area contributed by atoms with Gasteiger partial charge in [-0.1, -0.05) is 17.7 Å². The van der Waals surface area contributed by atoms with Gasteiger partial charge >= 0.3 is 11.8 Å². The van der Waals surface area contributed by atoms with Crippen LogP contribution in [0.25, 0.3) is 0 Å². The van der Waals surface area contributed by atoms with E-state index in [1.54, 1.807) is 18.2 Å². The highest BCUT2D eigenvalue weighted by atomic mass is 35.5. The Morgan fingerprint density at radius 1 is 1.27 bits per heavy atom. The molecule has 22 heavy (non-hydrogen) atoms. The zero-order valence-electron chi connectivity index (χ0n) is 12.6. The standard InChI is InChI=1S/C15H21ClN4O2/c1-11-2-3-12(16)10-13(11)19-15(22)14(21)18-6-9-20-7-4-17-5-8-20/h2-3,10,17H,4-9H2,1H3,(H,18,21)(H,19,22). The molecular formula is C15H21ClN4O2. The fourth-order valence-corrected chi connectivity index (χ4v) is 2.42. The van der Waals surface area contributed by atoms with Crippen molar-refractivity contribution >= 4 is 29.1 Å². The number of nitrogens with zero attached hydrogens (tertiary/aromatic N) is 1. The Hall–Kier alpha value is -1.63. The van der Waals surface area contributed by atoms with Crippen molar-refractivity contribution in [3.63, 3.8) is 0 Å². The van der Waals surface area contributed by atoms with E-state index in [4.69, 9.17) is 11.6 Å². The summed E-state index contributed by atoms with van der Waals surface area (Å²) in [5.74, 6) is -1.31. The van der Waals surface area contributed by atoms with Crippen LogP contribution in [0.2, 0.25) is 5.02 Å². The number of amides is 2. The Balaban J connectivity index is 1.76. The third-order valence-corrected chi connectivity index (χ3v) is 3.81. The molecule has 1 heterocycles. The highest BCUT2D eigenvalue weighted by Crippen LogP contribution is 2.19. The summed E-state index contributed by atoms with van der Waals surface area (Å²) in [6.45, 7) is 6.89. The van der Waals surface area contributed by atoms with Gasteiger partial charge in [0.25, 0.3) is 0 Å². The number of hydrogen-bond donors (Lipinski definition) is 3. The fourth-order valence-electron chi connectivity index (χ4n) is 2.25. The first kappa shape index (κ1) is 16.7. The molecule has 6 nitrogen and oxygen atoms in total. The van der Waals surface area contributed by atoms with Crippen LogP contribution in [0.4, 0.5) is 5.69 Å². The van der Waals surface area contributed by atoms with Crippen molar-refractivity contribution < 1.29 is 9.59 Å². The molecule has 1 aromatic carbocycles. The molecule has 1 aromatic rings. The van der Waals surface area contributed by atoms with Crippen molar-refractivity contribution in [2.45, 2.75) is 6.92 Å². The fraction of sp³-hybridized carbons (Fsp3) is 0.467. The van der Waals surface area contributed by atoms with E-state index < -0.39 is 11.8 Å². The van der Waals surface area contributed by atoms with Gasteiger partial charge in [0.2, 0.25) is 0 Å². The first-order chi connectivity index (χ1) is 10.6. The maximum absolute atomic E-state index is 11.9. The van der Waals surface area contributed by atoms with Gasteiger partial charge in [-0.2, -0.15) is 0 Å². The maximum Gasteiger partial charge on any atom is 0.313 e. The Kier molecular flexibility index (Phi) is 6.18. The molecule has 0 unspecified atom stereocenters. The molecular weight excluding hydrogens is 304 g/mol. The number of hydrogen-bond acceptors (Lipinski definition) is 4. The van der Waals surface area contributed by atoms with Crippen molar-refractivity contribution in [3.05, 3.63) is 28.8 Å². The third-order valence-electron chi connectivity index (χ3n) is 3.58. The van der Waals surface area contributed by atoms with E-state index in [0.29, 0.717) is 17.3 Å². The van der Waals surface area contributed by atoms with Gasteiger partial charge in [-0.05, 0) is 24.6 Å². The number of anilines is 1.